The van der Waals surface area contributed by atoms with Crippen LogP contribution in [0.15, 0.2) is 103 Å². The molecule has 286 valence electrons. The Labute approximate surface area is 332 Å². The fourth-order valence-electron chi connectivity index (χ4n) is 9.27. The summed E-state index contributed by atoms with van der Waals surface area (Å²) in [6, 6.07) is 24.7. The number of methoxy groups -OCH3 is 1. The Bertz CT molecular complexity index is 2290. The number of aliphatic hydroxyl groups is 1. The van der Waals surface area contributed by atoms with Crippen molar-refractivity contribution >= 4 is 70.8 Å². The molecule has 4 amide bonds. The summed E-state index contributed by atoms with van der Waals surface area (Å²) in [6.07, 6.45) is 2.13. The zero-order valence-electron chi connectivity index (χ0n) is 30.0. The van der Waals surface area contributed by atoms with Crippen LogP contribution in [-0.4, -0.2) is 71.2 Å². The molecule has 4 aromatic rings. The van der Waals surface area contributed by atoms with Crippen LogP contribution < -0.4 is 25.3 Å². The van der Waals surface area contributed by atoms with Crippen molar-refractivity contribution in [3.63, 3.8) is 0 Å². The summed E-state index contributed by atoms with van der Waals surface area (Å²) in [5.74, 6) is -5.46. The third-order valence-corrected chi connectivity index (χ3v) is 12.1. The molecular weight excluding hydrogens is 760 g/mol. The van der Waals surface area contributed by atoms with Crippen LogP contribution in [0.25, 0.3) is 0 Å². The molecule has 0 aromatic heterocycles. The van der Waals surface area contributed by atoms with Gasteiger partial charge in [-0.3, -0.25) is 29.5 Å². The molecule has 15 heteroatoms. The second kappa shape index (κ2) is 14.7. The normalized spacial score (nSPS) is 25.4. The summed E-state index contributed by atoms with van der Waals surface area (Å²) in [6.45, 7) is -0.326. The Kier molecular flexibility index (Phi) is 9.92. The monoisotopic (exact) mass is 795 g/mol. The molecule has 2 heterocycles. The number of carbonyl (C=O) groups excluding carboxylic acids is 4. The Hall–Kier alpha value is -5.18. The Balaban J connectivity index is 1.33. The van der Waals surface area contributed by atoms with Gasteiger partial charge in [0.25, 0.3) is 11.8 Å². The van der Waals surface area contributed by atoms with Crippen LogP contribution in [0.4, 0.5) is 11.4 Å². The number of hydrazine groups is 1. The number of carbonyl (C=O) groups is 4. The summed E-state index contributed by atoms with van der Waals surface area (Å²) < 4.78 is 11.6. The quantitative estimate of drug-likeness (QED) is 0.104. The van der Waals surface area contributed by atoms with Crippen molar-refractivity contribution in [2.75, 3.05) is 30.6 Å². The molecule has 8 rings (SSSR count). The molecule has 0 radical (unpaired) electrons. The molecule has 56 heavy (non-hydrogen) atoms. The van der Waals surface area contributed by atoms with E-state index >= 15 is 9.59 Å². The molecule has 6 atom stereocenters. The second-order valence-corrected chi connectivity index (χ2v) is 15.1. The number of nitrogens with zero attached hydrogens (tertiary/aromatic N) is 2. The summed E-state index contributed by atoms with van der Waals surface area (Å²) in [7, 11) is -0.291. The molecule has 4 aromatic carbocycles. The number of ether oxygens (including phenoxy) is 2. The topological polar surface area (TPSA) is 166 Å². The lowest BCUT2D eigenvalue weighted by Gasteiger charge is -2.50. The number of allylic oxidation sites excluding steroid dienone is 2. The van der Waals surface area contributed by atoms with Gasteiger partial charge in [-0.15, -0.1) is 0 Å². The molecule has 4 N–H and O–H groups in total. The molecule has 12 nitrogen and oxygen atoms in total. The van der Waals surface area contributed by atoms with Crippen molar-refractivity contribution in [2.45, 2.75) is 24.2 Å². The van der Waals surface area contributed by atoms with Gasteiger partial charge in [-0.05, 0) is 78.3 Å². The summed E-state index contributed by atoms with van der Waals surface area (Å²) >= 11 is 12.7. The first-order valence-corrected chi connectivity index (χ1v) is 18.9. The number of anilines is 2. The van der Waals surface area contributed by atoms with Gasteiger partial charge in [-0.25, -0.2) is 0 Å². The Morgan fingerprint density at radius 2 is 1.66 bits per heavy atom. The number of fused-ring (bicyclic) bond motifs is 4. The summed E-state index contributed by atoms with van der Waals surface area (Å²) in [5.41, 5.74) is 3.73. The Morgan fingerprint density at radius 1 is 0.893 bits per heavy atom. The number of halogens is 2. The third-order valence-electron chi connectivity index (χ3n) is 11.6. The molecule has 0 bridgehead atoms. The van der Waals surface area contributed by atoms with Crippen molar-refractivity contribution < 1.29 is 43.8 Å². The maximum Gasteiger partial charge on any atom is 0.488 e. The lowest BCUT2D eigenvalue weighted by atomic mass is 9.49. The fraction of sp³-hybridized carbons (Fsp3) is 0.268. The number of aliphatic hydroxyl groups excluding tert-OH is 1. The minimum atomic E-state index is -1.82. The van der Waals surface area contributed by atoms with E-state index in [2.05, 4.69) is 5.43 Å². The van der Waals surface area contributed by atoms with Crippen LogP contribution in [-0.2, 0) is 24.6 Å². The highest BCUT2D eigenvalue weighted by Gasteiger charge is 2.70. The molecule has 1 saturated carbocycles. The highest BCUT2D eigenvalue weighted by Crippen LogP contribution is 2.65. The predicted molar refractivity (Wildman–Crippen MR) is 208 cm³/mol. The first-order chi connectivity index (χ1) is 27.0. The molecule has 0 spiro atoms. The van der Waals surface area contributed by atoms with Crippen LogP contribution in [0.3, 0.4) is 0 Å². The van der Waals surface area contributed by atoms with Gasteiger partial charge in [-0.1, -0.05) is 77.3 Å². The first-order valence-electron chi connectivity index (χ1n) is 18.1. The minimum Gasteiger partial charge on any atom is -0.497 e. The van der Waals surface area contributed by atoms with Crippen LogP contribution >= 0.6 is 23.2 Å². The van der Waals surface area contributed by atoms with Gasteiger partial charge in [0.2, 0.25) is 11.8 Å². The molecule has 3 fully saturated rings. The van der Waals surface area contributed by atoms with E-state index in [1.165, 1.54) is 31.4 Å². The van der Waals surface area contributed by atoms with Crippen LogP contribution in [0.2, 0.25) is 10.0 Å². The Morgan fingerprint density at radius 3 is 2.38 bits per heavy atom. The van der Waals surface area contributed by atoms with E-state index in [0.29, 0.717) is 33.2 Å². The number of imide groups is 2. The number of nitrogens with one attached hydrogen (secondary N) is 1. The number of hydrogen-bond donors (Lipinski definition) is 4. The predicted octanol–water partition coefficient (Wildman–Crippen LogP) is 4.24. The highest BCUT2D eigenvalue weighted by atomic mass is 35.5. The van der Waals surface area contributed by atoms with E-state index in [1.54, 1.807) is 60.7 Å². The van der Waals surface area contributed by atoms with Crippen LogP contribution in [0, 0.1) is 23.7 Å². The van der Waals surface area contributed by atoms with Crippen molar-refractivity contribution in [1.29, 1.82) is 0 Å². The number of rotatable bonds is 10. The molecule has 2 aliphatic heterocycles. The van der Waals surface area contributed by atoms with Gasteiger partial charge in [0.15, 0.2) is 0 Å². The molecule has 2 saturated heterocycles. The van der Waals surface area contributed by atoms with E-state index in [0.717, 1.165) is 9.91 Å². The van der Waals surface area contributed by atoms with Crippen molar-refractivity contribution in [3.8, 4) is 11.5 Å². The average molecular weight is 796 g/mol. The lowest BCUT2D eigenvalue weighted by Crippen LogP contribution is -2.53. The van der Waals surface area contributed by atoms with Crippen molar-refractivity contribution in [1.82, 2.24) is 5.01 Å². The molecule has 0 unspecified atom stereocenters. The number of amides is 4. The smallest absolute Gasteiger partial charge is 0.488 e. The molecular formula is C41H36BCl2N3O9. The zero-order valence-corrected chi connectivity index (χ0v) is 31.5. The molecule has 2 aliphatic carbocycles. The number of benzene rings is 4. The van der Waals surface area contributed by atoms with Gasteiger partial charge in [0.05, 0.1) is 53.3 Å². The van der Waals surface area contributed by atoms with Gasteiger partial charge < -0.3 is 24.6 Å². The zero-order chi connectivity index (χ0) is 39.5. The van der Waals surface area contributed by atoms with Crippen molar-refractivity contribution in [2.24, 2.45) is 23.7 Å². The average Bonchev–Trinajstić information content (AvgIpc) is 3.58. The number of para-hydroxylation sites is 1. The van der Waals surface area contributed by atoms with Gasteiger partial charge in [0, 0.05) is 16.5 Å². The minimum absolute atomic E-state index is 0.0363. The number of hydrogen-bond acceptors (Lipinski definition) is 10. The largest absolute Gasteiger partial charge is 0.497 e. The maximum atomic E-state index is 15.5. The van der Waals surface area contributed by atoms with E-state index < -0.39 is 65.8 Å². The van der Waals surface area contributed by atoms with Crippen LogP contribution in [0.1, 0.15) is 29.9 Å². The SMILES string of the molecule is COc1ccc([C@@]23C(=O)N(Nc4ccc(Cl)cc4Cl)C(=O)[C@@H]2C[C@@H]2C(=CC[C@@H]4C(=O)N(c5cccc(B(O)O)c5)C(=O)[C@@H]42)[C@@H]3c2ccccc2OCCO)cc1. The van der Waals surface area contributed by atoms with E-state index in [4.69, 9.17) is 32.7 Å². The second-order valence-electron chi connectivity index (χ2n) is 14.3. The third kappa shape index (κ3) is 5.88. The van der Waals surface area contributed by atoms with Gasteiger partial charge in [0.1, 0.15) is 18.1 Å². The maximum absolute atomic E-state index is 15.5. The van der Waals surface area contributed by atoms with E-state index in [1.807, 2.05) is 12.1 Å². The molecule has 4 aliphatic rings. The van der Waals surface area contributed by atoms with Gasteiger partial charge >= 0.3 is 7.12 Å². The first kappa shape index (κ1) is 37.7. The lowest BCUT2D eigenvalue weighted by molar-refractivity contribution is -0.138. The summed E-state index contributed by atoms with van der Waals surface area (Å²) in [5, 5.41) is 31.0. The van der Waals surface area contributed by atoms with E-state index in [-0.39, 0.29) is 47.9 Å². The fourth-order valence-corrected chi connectivity index (χ4v) is 9.72. The van der Waals surface area contributed by atoms with Crippen molar-refractivity contribution in [3.05, 3.63) is 124 Å². The highest BCUT2D eigenvalue weighted by molar-refractivity contribution is 6.58. The summed E-state index contributed by atoms with van der Waals surface area (Å²) in [4.78, 5) is 60.5. The van der Waals surface area contributed by atoms with Crippen LogP contribution in [0.5, 0.6) is 11.5 Å². The van der Waals surface area contributed by atoms with E-state index in [9.17, 15) is 24.7 Å². The standard InChI is InChI=1S/C41H36BCl2N3O9/c1-55-26-12-9-22(10-13-26)41-31(38(50)47(40(41)52)45-33-16-11-24(43)20-32(33)44)21-30-27(36(41)28-7-2-3-8-34(28)56-18-17-48)14-15-29-35(30)39(51)46(37(29)49)25-6-4-5-23(19-25)42(53)54/h2-14,16,19-20,29-31,35-36,45,48,53-54H,15,17-18,21H2,1H3/t29-,30+,31-,35-,36+,41+/m0/s1. The van der Waals surface area contributed by atoms with Gasteiger partial charge in [-0.2, -0.15) is 5.01 Å².